The molecule has 0 radical (unpaired) electrons. The van der Waals surface area contributed by atoms with Crippen LogP contribution in [0.5, 0.6) is 0 Å². The molecule has 3 heterocycles. The molecule has 3 saturated heterocycles. The summed E-state index contributed by atoms with van der Waals surface area (Å²) in [5, 5.41) is 0. The third-order valence-corrected chi connectivity index (χ3v) is 4.77. The van der Waals surface area contributed by atoms with Gasteiger partial charge in [0.1, 0.15) is 0 Å². The molecule has 1 aromatic carbocycles. The topological polar surface area (TPSA) is 26.8 Å². The van der Waals surface area contributed by atoms with Crippen LogP contribution in [0.2, 0.25) is 0 Å². The first kappa shape index (κ1) is 14.4. The molecule has 4 nitrogen and oxygen atoms in total. The van der Waals surface area contributed by atoms with E-state index in [0.717, 1.165) is 37.3 Å². The zero-order chi connectivity index (χ0) is 15.0. The van der Waals surface area contributed by atoms with Crippen LogP contribution in [-0.4, -0.2) is 62.5 Å². The van der Waals surface area contributed by atoms with E-state index in [4.69, 9.17) is 0 Å². The molecule has 2 bridgehead atoms. The van der Waals surface area contributed by atoms with Crippen molar-refractivity contribution in [2.45, 2.75) is 18.9 Å². The van der Waals surface area contributed by atoms with Crippen LogP contribution >= 0.6 is 0 Å². The van der Waals surface area contributed by atoms with Crippen molar-refractivity contribution in [3.63, 3.8) is 0 Å². The van der Waals surface area contributed by atoms with Gasteiger partial charge in [-0.25, -0.2) is 0 Å². The quantitative estimate of drug-likeness (QED) is 0.831. The Bertz CT molecular complexity index is 529. The number of nitrogens with zero attached hydrogens (tertiary/aromatic N) is 3. The van der Waals surface area contributed by atoms with Crippen molar-refractivity contribution in [1.29, 1.82) is 0 Å². The van der Waals surface area contributed by atoms with E-state index in [0.29, 0.717) is 12.0 Å². The molecule has 1 aromatic rings. The molecule has 3 aliphatic heterocycles. The molecule has 0 aromatic heterocycles. The average Bonchev–Trinajstić information content (AvgIpc) is 2.75. The summed E-state index contributed by atoms with van der Waals surface area (Å²) in [6, 6.07) is 8.31. The van der Waals surface area contributed by atoms with Crippen LogP contribution in [0.4, 0.5) is 5.69 Å². The van der Waals surface area contributed by atoms with Gasteiger partial charge in [0.15, 0.2) is 0 Å². The van der Waals surface area contributed by atoms with E-state index in [9.17, 15) is 4.79 Å². The smallest absolute Gasteiger partial charge is 0.256 e. The van der Waals surface area contributed by atoms with Gasteiger partial charge in [0.05, 0.1) is 5.56 Å². The summed E-state index contributed by atoms with van der Waals surface area (Å²) < 4.78 is 0. The van der Waals surface area contributed by atoms with E-state index >= 15 is 0 Å². The number of anilines is 1. The number of para-hydroxylation sites is 1. The summed E-state index contributed by atoms with van der Waals surface area (Å²) >= 11 is 0. The summed E-state index contributed by atoms with van der Waals surface area (Å²) in [5.41, 5.74) is 1.84. The standard InChI is InChI=1S/C17H25N3O/c1-18(2)16-7-5-4-6-15(16)17(21)20-11-13-8-9-14(20)12-19(3)10-13/h4-7,13-14H,8-12H2,1-3H3/t13-,14+/m1/s1. The second kappa shape index (κ2) is 5.68. The minimum absolute atomic E-state index is 0.198. The molecule has 0 N–H and O–H groups in total. The predicted molar refractivity (Wildman–Crippen MR) is 85.8 cm³/mol. The van der Waals surface area contributed by atoms with E-state index in [1.165, 1.54) is 6.42 Å². The Labute approximate surface area is 127 Å². The van der Waals surface area contributed by atoms with E-state index in [-0.39, 0.29) is 5.91 Å². The van der Waals surface area contributed by atoms with Crippen molar-refractivity contribution in [2.75, 3.05) is 45.7 Å². The Kier molecular flexibility index (Phi) is 3.89. The number of carbonyl (C=O) groups is 1. The van der Waals surface area contributed by atoms with Gasteiger partial charge in [0.25, 0.3) is 5.91 Å². The number of hydrogen-bond donors (Lipinski definition) is 0. The number of rotatable bonds is 2. The van der Waals surface area contributed by atoms with Crippen molar-refractivity contribution >= 4 is 11.6 Å². The van der Waals surface area contributed by atoms with Gasteiger partial charge < -0.3 is 14.7 Å². The fraction of sp³-hybridized carbons (Fsp3) is 0.588. The second-order valence-corrected chi connectivity index (χ2v) is 6.69. The van der Waals surface area contributed by atoms with Gasteiger partial charge in [-0.3, -0.25) is 4.79 Å². The Hall–Kier alpha value is -1.55. The largest absolute Gasteiger partial charge is 0.377 e. The Morgan fingerprint density at radius 2 is 1.90 bits per heavy atom. The third-order valence-electron chi connectivity index (χ3n) is 4.77. The highest BCUT2D eigenvalue weighted by atomic mass is 16.2. The molecule has 3 fully saturated rings. The first-order chi connectivity index (χ1) is 10.1. The van der Waals surface area contributed by atoms with Crippen LogP contribution in [0.15, 0.2) is 24.3 Å². The molecular formula is C17H25N3O. The fourth-order valence-corrected chi connectivity index (χ4v) is 3.76. The number of likely N-dealkylation sites (N-methyl/N-ethyl adjacent to an activating group) is 1. The zero-order valence-electron chi connectivity index (χ0n) is 13.2. The molecule has 0 aliphatic carbocycles. The summed E-state index contributed by atoms with van der Waals surface area (Å²) in [5.74, 6) is 0.827. The fourth-order valence-electron chi connectivity index (χ4n) is 3.76. The number of carbonyl (C=O) groups excluding carboxylic acids is 1. The second-order valence-electron chi connectivity index (χ2n) is 6.69. The van der Waals surface area contributed by atoms with Crippen LogP contribution in [0, 0.1) is 5.92 Å². The highest BCUT2D eigenvalue weighted by Gasteiger charge is 2.36. The first-order valence-electron chi connectivity index (χ1n) is 7.82. The van der Waals surface area contributed by atoms with Crippen LogP contribution in [0.3, 0.4) is 0 Å². The van der Waals surface area contributed by atoms with E-state index in [1.807, 2.05) is 43.3 Å². The van der Waals surface area contributed by atoms with Crippen molar-refractivity contribution in [1.82, 2.24) is 9.80 Å². The Morgan fingerprint density at radius 3 is 2.67 bits per heavy atom. The SMILES string of the molecule is CN1C[C@H]2CC[C@@H](C1)N(C(=O)c1ccccc1N(C)C)C2. The van der Waals surface area contributed by atoms with Crippen LogP contribution in [-0.2, 0) is 0 Å². The lowest BCUT2D eigenvalue weighted by Gasteiger charge is -2.37. The molecule has 2 atom stereocenters. The number of piperidine rings is 1. The van der Waals surface area contributed by atoms with Crippen LogP contribution in [0.25, 0.3) is 0 Å². The summed E-state index contributed by atoms with van der Waals surface area (Å²) in [4.78, 5) is 19.6. The number of hydrogen-bond acceptors (Lipinski definition) is 3. The monoisotopic (exact) mass is 287 g/mol. The van der Waals surface area contributed by atoms with Crippen molar-refractivity contribution in [3.05, 3.63) is 29.8 Å². The maximum Gasteiger partial charge on any atom is 0.256 e. The van der Waals surface area contributed by atoms with Gasteiger partial charge in [0.2, 0.25) is 0 Å². The lowest BCUT2D eigenvalue weighted by atomic mass is 9.94. The van der Waals surface area contributed by atoms with Gasteiger partial charge in [-0.1, -0.05) is 12.1 Å². The predicted octanol–water partition coefficient (Wildman–Crippen LogP) is 1.92. The Balaban J connectivity index is 1.89. The lowest BCUT2D eigenvalue weighted by Crippen LogP contribution is -2.47. The molecule has 3 aliphatic rings. The van der Waals surface area contributed by atoms with E-state index in [2.05, 4.69) is 16.8 Å². The maximum atomic E-state index is 13.1. The normalized spacial score (nSPS) is 25.8. The van der Waals surface area contributed by atoms with Crippen LogP contribution < -0.4 is 4.90 Å². The van der Waals surface area contributed by atoms with Crippen molar-refractivity contribution in [2.24, 2.45) is 5.92 Å². The summed E-state index contributed by atoms with van der Waals surface area (Å²) in [7, 11) is 6.16. The molecule has 21 heavy (non-hydrogen) atoms. The maximum absolute atomic E-state index is 13.1. The third kappa shape index (κ3) is 2.77. The number of fused-ring (bicyclic) bond motifs is 4. The van der Waals surface area contributed by atoms with Gasteiger partial charge in [-0.2, -0.15) is 0 Å². The van der Waals surface area contributed by atoms with E-state index in [1.54, 1.807) is 0 Å². The van der Waals surface area contributed by atoms with Gasteiger partial charge in [-0.15, -0.1) is 0 Å². The van der Waals surface area contributed by atoms with Gasteiger partial charge >= 0.3 is 0 Å². The minimum atomic E-state index is 0.198. The van der Waals surface area contributed by atoms with Crippen molar-refractivity contribution in [3.8, 4) is 0 Å². The zero-order valence-corrected chi connectivity index (χ0v) is 13.2. The summed E-state index contributed by atoms with van der Waals surface area (Å²) in [6.07, 6.45) is 2.40. The first-order valence-corrected chi connectivity index (χ1v) is 7.82. The molecule has 0 saturated carbocycles. The number of benzene rings is 1. The molecule has 1 amide bonds. The molecule has 0 spiro atoms. The number of amides is 1. The van der Waals surface area contributed by atoms with Crippen molar-refractivity contribution < 1.29 is 4.79 Å². The summed E-state index contributed by atoms with van der Waals surface area (Å²) in [6.45, 7) is 3.04. The van der Waals surface area contributed by atoms with Gasteiger partial charge in [-0.05, 0) is 37.9 Å². The van der Waals surface area contributed by atoms with E-state index < -0.39 is 0 Å². The van der Waals surface area contributed by atoms with Gasteiger partial charge in [0, 0.05) is 45.5 Å². The molecule has 4 heteroatoms. The van der Waals surface area contributed by atoms with Crippen LogP contribution in [0.1, 0.15) is 23.2 Å². The highest BCUT2D eigenvalue weighted by Crippen LogP contribution is 2.30. The molecule has 4 rings (SSSR count). The average molecular weight is 287 g/mol. The highest BCUT2D eigenvalue weighted by molar-refractivity contribution is 6.00. The molecule has 0 unspecified atom stereocenters. The minimum Gasteiger partial charge on any atom is -0.377 e. The molecular weight excluding hydrogens is 262 g/mol. The lowest BCUT2D eigenvalue weighted by molar-refractivity contribution is 0.0587. The molecule has 114 valence electrons. The Morgan fingerprint density at radius 1 is 1.14 bits per heavy atom.